The maximum absolute atomic E-state index is 11.6. The highest BCUT2D eigenvalue weighted by Crippen LogP contribution is 2.28. The van der Waals surface area contributed by atoms with Crippen molar-refractivity contribution in [2.24, 2.45) is 13.0 Å². The summed E-state index contributed by atoms with van der Waals surface area (Å²) in [6, 6.07) is 8.00. The highest BCUT2D eigenvalue weighted by molar-refractivity contribution is 7.98. The van der Waals surface area contributed by atoms with Gasteiger partial charge in [-0.05, 0) is 25.3 Å². The molecule has 1 saturated heterocycles. The van der Waals surface area contributed by atoms with E-state index in [-0.39, 0.29) is 11.7 Å². The Balaban J connectivity index is 1.64. The quantitative estimate of drug-likeness (QED) is 0.686. The molecule has 0 bridgehead atoms. The molecule has 0 N–H and O–H groups in total. The first-order valence-electron chi connectivity index (χ1n) is 8.40. The Bertz CT molecular complexity index is 833. The average Bonchev–Trinajstić information content (AvgIpc) is 3.10. The lowest BCUT2D eigenvalue weighted by Crippen LogP contribution is -2.11. The molecule has 0 aliphatic carbocycles. The molecule has 3 rings (SSSR count). The Morgan fingerprint density at radius 3 is 2.84 bits per heavy atom. The number of hydrogen-bond acceptors (Lipinski definition) is 6. The largest absolute Gasteiger partial charge is 0.494 e. The summed E-state index contributed by atoms with van der Waals surface area (Å²) in [6.45, 7) is 2.61. The minimum atomic E-state index is -2.85. The van der Waals surface area contributed by atoms with E-state index in [0.29, 0.717) is 18.8 Å². The third kappa shape index (κ3) is 4.55. The van der Waals surface area contributed by atoms with Crippen LogP contribution in [-0.4, -0.2) is 41.3 Å². The first kappa shape index (κ1) is 18.3. The fourth-order valence-corrected chi connectivity index (χ4v) is 5.78. The van der Waals surface area contributed by atoms with Crippen LogP contribution in [0.4, 0.5) is 0 Å². The highest BCUT2D eigenvalue weighted by Gasteiger charge is 2.29. The average molecular weight is 382 g/mol. The normalized spacial score (nSPS) is 19.2. The van der Waals surface area contributed by atoms with Crippen LogP contribution in [0.1, 0.15) is 24.7 Å². The van der Waals surface area contributed by atoms with E-state index >= 15 is 0 Å². The number of aromatic nitrogens is 3. The Hall–Kier alpha value is -1.54. The number of thioether (sulfide) groups is 1. The van der Waals surface area contributed by atoms with Crippen LogP contribution < -0.4 is 4.74 Å². The van der Waals surface area contributed by atoms with Gasteiger partial charge >= 0.3 is 0 Å². The summed E-state index contributed by atoms with van der Waals surface area (Å²) in [5, 5.41) is 9.37. The molecule has 6 nitrogen and oxygen atoms in total. The number of hydrogen-bond donors (Lipinski definition) is 0. The van der Waals surface area contributed by atoms with Gasteiger partial charge in [-0.15, -0.1) is 10.2 Å². The maximum Gasteiger partial charge on any atom is 0.191 e. The number of para-hydroxylation sites is 1. The van der Waals surface area contributed by atoms with Gasteiger partial charge < -0.3 is 9.30 Å². The van der Waals surface area contributed by atoms with E-state index in [4.69, 9.17) is 4.74 Å². The lowest BCUT2D eigenvalue weighted by atomic mass is 10.1. The summed E-state index contributed by atoms with van der Waals surface area (Å²) in [5.41, 5.74) is 1.13. The molecule has 2 aromatic rings. The van der Waals surface area contributed by atoms with E-state index < -0.39 is 9.84 Å². The van der Waals surface area contributed by atoms with Crippen LogP contribution in [0.5, 0.6) is 5.75 Å². The summed E-state index contributed by atoms with van der Waals surface area (Å²) >= 11 is 1.61. The molecule has 0 radical (unpaired) electrons. The standard InChI is InChI=1S/C17H23N3O3S2/c1-3-23-15-7-5-4-6-14(15)11-24-17-19-18-16(20(17)2)10-13-8-9-25(21,22)12-13/h4-7,13H,3,8-12H2,1-2H3/t13-/m0/s1. The number of benzene rings is 1. The topological polar surface area (TPSA) is 74.1 Å². The van der Waals surface area contributed by atoms with Gasteiger partial charge in [0, 0.05) is 24.8 Å². The van der Waals surface area contributed by atoms with Crippen molar-refractivity contribution >= 4 is 21.6 Å². The molecule has 1 fully saturated rings. The number of ether oxygens (including phenoxy) is 1. The predicted octanol–water partition coefficient (Wildman–Crippen LogP) is 2.48. The van der Waals surface area contributed by atoms with Gasteiger partial charge in [0.05, 0.1) is 18.1 Å². The molecule has 1 aromatic carbocycles. The fourth-order valence-electron chi connectivity index (χ4n) is 3.00. The summed E-state index contributed by atoms with van der Waals surface area (Å²) in [5.74, 6) is 3.22. The third-order valence-electron chi connectivity index (χ3n) is 4.35. The van der Waals surface area contributed by atoms with Crippen molar-refractivity contribution in [3.05, 3.63) is 35.7 Å². The van der Waals surface area contributed by atoms with Crippen LogP contribution in [0.25, 0.3) is 0 Å². The van der Waals surface area contributed by atoms with Gasteiger partial charge in [-0.25, -0.2) is 8.42 Å². The van der Waals surface area contributed by atoms with Gasteiger partial charge in [0.1, 0.15) is 11.6 Å². The van der Waals surface area contributed by atoms with Gasteiger partial charge in [-0.2, -0.15) is 0 Å². The van der Waals surface area contributed by atoms with Crippen molar-refractivity contribution in [3.8, 4) is 5.75 Å². The van der Waals surface area contributed by atoms with Gasteiger partial charge in [0.2, 0.25) is 0 Å². The highest BCUT2D eigenvalue weighted by atomic mass is 32.2. The molecular weight excluding hydrogens is 358 g/mol. The van der Waals surface area contributed by atoms with Gasteiger partial charge in [0.25, 0.3) is 0 Å². The molecule has 0 spiro atoms. The van der Waals surface area contributed by atoms with Crippen LogP contribution in [-0.2, 0) is 29.1 Å². The molecule has 8 heteroatoms. The van der Waals surface area contributed by atoms with Crippen molar-refractivity contribution < 1.29 is 13.2 Å². The van der Waals surface area contributed by atoms with Gasteiger partial charge in [-0.3, -0.25) is 0 Å². The number of nitrogens with zero attached hydrogens (tertiary/aromatic N) is 3. The van der Waals surface area contributed by atoms with Gasteiger partial charge in [-0.1, -0.05) is 30.0 Å². The van der Waals surface area contributed by atoms with Crippen LogP contribution >= 0.6 is 11.8 Å². The lowest BCUT2D eigenvalue weighted by molar-refractivity contribution is 0.337. The number of sulfone groups is 1. The summed E-state index contributed by atoms with van der Waals surface area (Å²) in [6.07, 6.45) is 1.39. The number of rotatable bonds is 7. The maximum atomic E-state index is 11.6. The molecule has 1 aromatic heterocycles. The second-order valence-corrected chi connectivity index (χ2v) is 9.43. The molecule has 136 valence electrons. The minimum Gasteiger partial charge on any atom is -0.494 e. The van der Waals surface area contributed by atoms with E-state index in [2.05, 4.69) is 16.3 Å². The van der Waals surface area contributed by atoms with Crippen molar-refractivity contribution in [1.82, 2.24) is 14.8 Å². The molecule has 25 heavy (non-hydrogen) atoms. The van der Waals surface area contributed by atoms with E-state index in [9.17, 15) is 8.42 Å². The SMILES string of the molecule is CCOc1ccccc1CSc1nnc(C[C@@H]2CCS(=O)(=O)C2)n1C. The second-order valence-electron chi connectivity index (χ2n) is 6.26. The summed E-state index contributed by atoms with van der Waals surface area (Å²) in [7, 11) is -0.915. The minimum absolute atomic E-state index is 0.157. The van der Waals surface area contributed by atoms with Crippen molar-refractivity contribution in [1.29, 1.82) is 0 Å². The predicted molar refractivity (Wildman–Crippen MR) is 98.6 cm³/mol. The van der Waals surface area contributed by atoms with Crippen LogP contribution in [0.2, 0.25) is 0 Å². The van der Waals surface area contributed by atoms with Crippen molar-refractivity contribution in [2.75, 3.05) is 18.1 Å². The van der Waals surface area contributed by atoms with E-state index in [1.165, 1.54) is 0 Å². The van der Waals surface area contributed by atoms with E-state index in [0.717, 1.165) is 34.5 Å². The van der Waals surface area contributed by atoms with Crippen LogP contribution in [0, 0.1) is 5.92 Å². The summed E-state index contributed by atoms with van der Waals surface area (Å²) in [4.78, 5) is 0. The Morgan fingerprint density at radius 2 is 2.12 bits per heavy atom. The zero-order valence-corrected chi connectivity index (χ0v) is 16.1. The van der Waals surface area contributed by atoms with Crippen LogP contribution in [0.3, 0.4) is 0 Å². The first-order valence-corrected chi connectivity index (χ1v) is 11.2. The second kappa shape index (κ2) is 7.78. The molecule has 0 saturated carbocycles. The summed E-state index contributed by atoms with van der Waals surface area (Å²) < 4.78 is 30.8. The fraction of sp³-hybridized carbons (Fsp3) is 0.529. The Kier molecular flexibility index (Phi) is 5.68. The molecule has 0 unspecified atom stereocenters. The van der Waals surface area contributed by atoms with E-state index in [1.54, 1.807) is 11.8 Å². The monoisotopic (exact) mass is 381 g/mol. The molecule has 1 aliphatic rings. The Labute approximate surface area is 152 Å². The van der Waals surface area contributed by atoms with Crippen molar-refractivity contribution in [3.63, 3.8) is 0 Å². The molecule has 1 atom stereocenters. The lowest BCUT2D eigenvalue weighted by Gasteiger charge is -2.10. The molecule has 0 amide bonds. The molecular formula is C17H23N3O3S2. The smallest absolute Gasteiger partial charge is 0.191 e. The first-order chi connectivity index (χ1) is 12.0. The molecule has 2 heterocycles. The zero-order chi connectivity index (χ0) is 17.9. The zero-order valence-electron chi connectivity index (χ0n) is 14.5. The van der Waals surface area contributed by atoms with Gasteiger partial charge in [0.15, 0.2) is 15.0 Å². The molecule has 1 aliphatic heterocycles. The van der Waals surface area contributed by atoms with Crippen molar-refractivity contribution in [2.45, 2.75) is 30.7 Å². The van der Waals surface area contributed by atoms with Crippen LogP contribution in [0.15, 0.2) is 29.4 Å². The van der Waals surface area contributed by atoms with E-state index in [1.807, 2.05) is 36.7 Å². The Morgan fingerprint density at radius 1 is 1.32 bits per heavy atom. The third-order valence-corrected chi connectivity index (χ3v) is 7.26.